The number of anilines is 1. The summed E-state index contributed by atoms with van der Waals surface area (Å²) < 4.78 is 1.77. The summed E-state index contributed by atoms with van der Waals surface area (Å²) in [5.74, 6) is 0.518. The molecular weight excluding hydrogens is 244 g/mol. The first-order valence-corrected chi connectivity index (χ1v) is 5.64. The number of non-ortho nitro benzene ring substituents is 1. The lowest BCUT2D eigenvalue weighted by atomic mass is 10.1. The highest BCUT2D eigenvalue weighted by Gasteiger charge is 2.12. The standard InChI is InChI=1S/C13H10N4O2/c14-13-12(15-11-3-1-2-8-16(11)13)9-4-6-10(7-5-9)17(18)19/h1-8H,14H2. The second kappa shape index (κ2) is 4.09. The van der Waals surface area contributed by atoms with Gasteiger partial charge in [0.25, 0.3) is 5.69 Å². The number of nitro groups is 1. The molecule has 0 saturated heterocycles. The van der Waals surface area contributed by atoms with Crippen LogP contribution in [0.2, 0.25) is 0 Å². The maximum atomic E-state index is 10.6. The molecule has 0 spiro atoms. The molecule has 2 aromatic heterocycles. The summed E-state index contributed by atoms with van der Waals surface area (Å²) in [6.07, 6.45) is 1.83. The monoisotopic (exact) mass is 254 g/mol. The highest BCUT2D eigenvalue weighted by Crippen LogP contribution is 2.27. The fourth-order valence-corrected chi connectivity index (χ4v) is 1.97. The minimum absolute atomic E-state index is 0.0473. The summed E-state index contributed by atoms with van der Waals surface area (Å²) in [6, 6.07) is 11.8. The zero-order valence-corrected chi connectivity index (χ0v) is 9.85. The number of benzene rings is 1. The maximum Gasteiger partial charge on any atom is 0.269 e. The van der Waals surface area contributed by atoms with Crippen LogP contribution in [0.4, 0.5) is 11.5 Å². The van der Waals surface area contributed by atoms with Crippen molar-refractivity contribution in [1.29, 1.82) is 0 Å². The molecule has 1 aromatic carbocycles. The molecule has 3 rings (SSSR count). The summed E-state index contributed by atoms with van der Waals surface area (Å²) >= 11 is 0. The zero-order chi connectivity index (χ0) is 13.4. The Morgan fingerprint density at radius 2 is 1.89 bits per heavy atom. The molecular formula is C13H10N4O2. The van der Waals surface area contributed by atoms with E-state index in [4.69, 9.17) is 5.73 Å². The molecule has 94 valence electrons. The Kier molecular flexibility index (Phi) is 2.42. The maximum absolute atomic E-state index is 10.6. The van der Waals surface area contributed by atoms with Crippen molar-refractivity contribution < 1.29 is 4.92 Å². The molecule has 19 heavy (non-hydrogen) atoms. The Bertz CT molecular complexity index is 762. The molecule has 0 aliphatic heterocycles. The summed E-state index contributed by atoms with van der Waals surface area (Å²) in [7, 11) is 0. The van der Waals surface area contributed by atoms with Crippen LogP contribution in [0.1, 0.15) is 0 Å². The average Bonchev–Trinajstić information content (AvgIpc) is 2.77. The van der Waals surface area contributed by atoms with Gasteiger partial charge in [-0.1, -0.05) is 6.07 Å². The lowest BCUT2D eigenvalue weighted by molar-refractivity contribution is -0.384. The quantitative estimate of drug-likeness (QED) is 0.562. The molecule has 0 saturated carbocycles. The van der Waals surface area contributed by atoms with E-state index in [0.717, 1.165) is 11.2 Å². The highest BCUT2D eigenvalue weighted by molar-refractivity contribution is 5.75. The van der Waals surface area contributed by atoms with E-state index in [1.165, 1.54) is 12.1 Å². The van der Waals surface area contributed by atoms with E-state index in [0.29, 0.717) is 11.5 Å². The van der Waals surface area contributed by atoms with Gasteiger partial charge < -0.3 is 5.73 Å². The van der Waals surface area contributed by atoms with E-state index in [9.17, 15) is 10.1 Å². The number of nitro benzene ring substituents is 1. The lowest BCUT2D eigenvalue weighted by Crippen LogP contribution is -1.93. The third kappa shape index (κ3) is 1.79. The molecule has 2 heterocycles. The van der Waals surface area contributed by atoms with Gasteiger partial charge in [-0.3, -0.25) is 14.5 Å². The number of fused-ring (bicyclic) bond motifs is 1. The van der Waals surface area contributed by atoms with Crippen molar-refractivity contribution in [3.05, 3.63) is 58.8 Å². The average molecular weight is 254 g/mol. The highest BCUT2D eigenvalue weighted by atomic mass is 16.6. The van der Waals surface area contributed by atoms with Gasteiger partial charge >= 0.3 is 0 Å². The van der Waals surface area contributed by atoms with Crippen molar-refractivity contribution in [3.8, 4) is 11.3 Å². The Morgan fingerprint density at radius 1 is 1.16 bits per heavy atom. The molecule has 0 aliphatic carbocycles. The van der Waals surface area contributed by atoms with Crippen LogP contribution in [-0.2, 0) is 0 Å². The van der Waals surface area contributed by atoms with Gasteiger partial charge in [-0.25, -0.2) is 4.98 Å². The van der Waals surface area contributed by atoms with Crippen LogP contribution >= 0.6 is 0 Å². The number of hydrogen-bond donors (Lipinski definition) is 1. The Hall–Kier alpha value is -2.89. The molecule has 0 atom stereocenters. The minimum atomic E-state index is -0.434. The first-order valence-electron chi connectivity index (χ1n) is 5.64. The van der Waals surface area contributed by atoms with Crippen LogP contribution < -0.4 is 5.73 Å². The van der Waals surface area contributed by atoms with Gasteiger partial charge in [-0.2, -0.15) is 0 Å². The van der Waals surface area contributed by atoms with Crippen LogP contribution in [0, 0.1) is 10.1 Å². The fraction of sp³-hybridized carbons (Fsp3) is 0. The molecule has 6 heteroatoms. The third-order valence-corrected chi connectivity index (χ3v) is 2.92. The van der Waals surface area contributed by atoms with Crippen molar-refractivity contribution >= 4 is 17.2 Å². The summed E-state index contributed by atoms with van der Waals surface area (Å²) in [6.45, 7) is 0. The number of rotatable bonds is 2. The number of nitrogens with two attached hydrogens (primary N) is 1. The topological polar surface area (TPSA) is 86.5 Å². The minimum Gasteiger partial charge on any atom is -0.383 e. The van der Waals surface area contributed by atoms with Crippen molar-refractivity contribution in [1.82, 2.24) is 9.38 Å². The molecule has 0 aliphatic rings. The number of hydrogen-bond acceptors (Lipinski definition) is 4. The lowest BCUT2D eigenvalue weighted by Gasteiger charge is -1.99. The molecule has 2 N–H and O–H groups in total. The predicted molar refractivity (Wildman–Crippen MR) is 71.7 cm³/mol. The summed E-state index contributed by atoms with van der Waals surface area (Å²) in [5, 5.41) is 10.6. The van der Waals surface area contributed by atoms with Crippen molar-refractivity contribution in [2.75, 3.05) is 5.73 Å². The fourth-order valence-electron chi connectivity index (χ4n) is 1.97. The Morgan fingerprint density at radius 3 is 2.53 bits per heavy atom. The van der Waals surface area contributed by atoms with Crippen LogP contribution in [0.25, 0.3) is 16.9 Å². The van der Waals surface area contributed by atoms with Gasteiger partial charge in [0.2, 0.25) is 0 Å². The molecule has 3 aromatic rings. The molecule has 0 unspecified atom stereocenters. The number of nitrogen functional groups attached to an aromatic ring is 1. The zero-order valence-electron chi connectivity index (χ0n) is 9.85. The number of imidazole rings is 1. The Labute approximate surface area is 108 Å². The molecule has 6 nitrogen and oxygen atoms in total. The number of nitrogens with zero attached hydrogens (tertiary/aromatic N) is 3. The summed E-state index contributed by atoms with van der Waals surface area (Å²) in [5.41, 5.74) is 8.21. The van der Waals surface area contributed by atoms with Gasteiger partial charge in [0.05, 0.1) is 4.92 Å². The van der Waals surface area contributed by atoms with Gasteiger partial charge in [-0.15, -0.1) is 0 Å². The molecule has 0 bridgehead atoms. The van der Waals surface area contributed by atoms with Crippen molar-refractivity contribution in [2.24, 2.45) is 0 Å². The SMILES string of the molecule is Nc1c(-c2ccc([N+](=O)[O-])cc2)nc2ccccn12. The van der Waals surface area contributed by atoms with Gasteiger partial charge in [0.15, 0.2) is 0 Å². The Balaban J connectivity index is 2.13. The first kappa shape index (κ1) is 11.2. The van der Waals surface area contributed by atoms with Crippen LogP contribution in [0.5, 0.6) is 0 Å². The second-order valence-electron chi connectivity index (χ2n) is 4.08. The van der Waals surface area contributed by atoms with Crippen molar-refractivity contribution in [3.63, 3.8) is 0 Å². The van der Waals surface area contributed by atoms with Crippen molar-refractivity contribution in [2.45, 2.75) is 0 Å². The first-order chi connectivity index (χ1) is 9.16. The molecule has 0 amide bonds. The number of pyridine rings is 1. The van der Waals surface area contributed by atoms with E-state index >= 15 is 0 Å². The molecule has 0 fully saturated rings. The second-order valence-corrected chi connectivity index (χ2v) is 4.08. The van der Waals surface area contributed by atoms with Gasteiger partial charge in [0.1, 0.15) is 17.2 Å². The predicted octanol–water partition coefficient (Wildman–Crippen LogP) is 2.49. The smallest absolute Gasteiger partial charge is 0.269 e. The third-order valence-electron chi connectivity index (χ3n) is 2.92. The van der Waals surface area contributed by atoms with Crippen LogP contribution in [0.3, 0.4) is 0 Å². The summed E-state index contributed by atoms with van der Waals surface area (Å²) in [4.78, 5) is 14.6. The van der Waals surface area contributed by atoms with E-state index in [-0.39, 0.29) is 5.69 Å². The normalized spacial score (nSPS) is 10.7. The van der Waals surface area contributed by atoms with Crippen LogP contribution in [0.15, 0.2) is 48.7 Å². The van der Waals surface area contributed by atoms with Gasteiger partial charge in [-0.05, 0) is 24.3 Å². The molecule has 0 radical (unpaired) electrons. The van der Waals surface area contributed by atoms with E-state index < -0.39 is 4.92 Å². The number of aromatic nitrogens is 2. The van der Waals surface area contributed by atoms with E-state index in [1.54, 1.807) is 16.5 Å². The largest absolute Gasteiger partial charge is 0.383 e. The van der Waals surface area contributed by atoms with E-state index in [1.807, 2.05) is 24.4 Å². The van der Waals surface area contributed by atoms with Crippen LogP contribution in [-0.4, -0.2) is 14.3 Å². The van der Waals surface area contributed by atoms with Gasteiger partial charge in [0, 0.05) is 23.9 Å². The van der Waals surface area contributed by atoms with E-state index in [2.05, 4.69) is 4.98 Å².